The molecule has 2 heterocycles. The molecule has 0 bridgehead atoms. The highest BCUT2D eigenvalue weighted by Crippen LogP contribution is 2.60. The van der Waals surface area contributed by atoms with Gasteiger partial charge in [0.15, 0.2) is 0 Å². The highest BCUT2D eigenvalue weighted by molar-refractivity contribution is 5.74. The number of urea groups is 1. The smallest absolute Gasteiger partial charge is 0.315 e. The largest absolute Gasteiger partial charge is 0.377 e. The van der Waals surface area contributed by atoms with Gasteiger partial charge in [-0.1, -0.05) is 18.9 Å². The molecule has 2 saturated carbocycles. The highest BCUT2D eigenvalue weighted by atomic mass is 16.5. The topological polar surface area (TPSA) is 63.2 Å². The number of amides is 2. The van der Waals surface area contributed by atoms with Crippen molar-refractivity contribution in [3.05, 3.63) is 30.1 Å². The van der Waals surface area contributed by atoms with E-state index in [4.69, 9.17) is 4.74 Å². The third-order valence-electron chi connectivity index (χ3n) is 6.19. The van der Waals surface area contributed by atoms with Gasteiger partial charge in [-0.2, -0.15) is 0 Å². The summed E-state index contributed by atoms with van der Waals surface area (Å²) in [5.74, 6) is 0.530. The third kappa shape index (κ3) is 2.79. The Kier molecular flexibility index (Phi) is 4.44. The molecule has 5 heteroatoms. The standard InChI is InChI=1S/C19H27N3O2/c23-18(21-12-5-7-14-6-1-4-11-20-14)22-16-15-8-13-24-17(15)19(16)9-2-3-10-19/h1,4,6,11,15-17H,2-3,5,7-10,12-13H2,(H2,21,22,23)/t15-,16-,17+/m1/s1. The number of pyridine rings is 1. The zero-order valence-electron chi connectivity index (χ0n) is 14.2. The lowest BCUT2D eigenvalue weighted by Gasteiger charge is -2.56. The van der Waals surface area contributed by atoms with Crippen LogP contribution in [0.2, 0.25) is 0 Å². The van der Waals surface area contributed by atoms with Crippen LogP contribution in [0.3, 0.4) is 0 Å². The van der Waals surface area contributed by atoms with Crippen molar-refractivity contribution in [3.8, 4) is 0 Å². The molecule has 2 aliphatic carbocycles. The van der Waals surface area contributed by atoms with Gasteiger partial charge in [0, 0.05) is 42.4 Å². The summed E-state index contributed by atoms with van der Waals surface area (Å²) in [6, 6.07) is 6.24. The van der Waals surface area contributed by atoms with Gasteiger partial charge in [-0.05, 0) is 44.2 Å². The van der Waals surface area contributed by atoms with Crippen LogP contribution in [0.4, 0.5) is 4.79 Å². The summed E-state index contributed by atoms with van der Waals surface area (Å²) in [6.07, 6.45) is 10.1. The van der Waals surface area contributed by atoms with Gasteiger partial charge >= 0.3 is 6.03 Å². The molecule has 2 N–H and O–H groups in total. The van der Waals surface area contributed by atoms with Crippen molar-refractivity contribution in [3.63, 3.8) is 0 Å². The predicted octanol–water partition coefficient (Wildman–Crippen LogP) is 2.66. The van der Waals surface area contributed by atoms with Crippen LogP contribution in [0.1, 0.15) is 44.2 Å². The average Bonchev–Trinajstić information content (AvgIpc) is 3.26. The van der Waals surface area contributed by atoms with E-state index in [1.165, 1.54) is 25.7 Å². The van der Waals surface area contributed by atoms with E-state index in [1.54, 1.807) is 0 Å². The zero-order valence-corrected chi connectivity index (χ0v) is 14.2. The molecule has 130 valence electrons. The summed E-state index contributed by atoms with van der Waals surface area (Å²) >= 11 is 0. The molecule has 1 aromatic rings. The lowest BCUT2D eigenvalue weighted by Crippen LogP contribution is -2.69. The first-order valence-electron chi connectivity index (χ1n) is 9.35. The minimum absolute atomic E-state index is 0.0161. The zero-order chi connectivity index (χ0) is 16.4. The number of carbonyl (C=O) groups is 1. The van der Waals surface area contributed by atoms with Crippen LogP contribution >= 0.6 is 0 Å². The van der Waals surface area contributed by atoms with Gasteiger partial charge in [0.2, 0.25) is 0 Å². The number of carbonyl (C=O) groups excluding carboxylic acids is 1. The maximum absolute atomic E-state index is 12.3. The summed E-state index contributed by atoms with van der Waals surface area (Å²) in [4.78, 5) is 16.6. The molecule has 1 aliphatic heterocycles. The van der Waals surface area contributed by atoms with Gasteiger partial charge < -0.3 is 15.4 Å². The van der Waals surface area contributed by atoms with Crippen LogP contribution < -0.4 is 10.6 Å². The van der Waals surface area contributed by atoms with Crippen LogP contribution in [-0.4, -0.2) is 36.3 Å². The minimum atomic E-state index is -0.0161. The summed E-state index contributed by atoms with van der Waals surface area (Å²) in [5.41, 5.74) is 1.31. The van der Waals surface area contributed by atoms with Crippen molar-refractivity contribution < 1.29 is 9.53 Å². The predicted molar refractivity (Wildman–Crippen MR) is 91.6 cm³/mol. The van der Waals surface area contributed by atoms with Crippen LogP contribution in [0.15, 0.2) is 24.4 Å². The highest BCUT2D eigenvalue weighted by Gasteiger charge is 2.65. The Labute approximate surface area is 143 Å². The van der Waals surface area contributed by atoms with Crippen LogP contribution in [0, 0.1) is 11.3 Å². The summed E-state index contributed by atoms with van der Waals surface area (Å²) in [7, 11) is 0. The fraction of sp³-hybridized carbons (Fsp3) is 0.684. The molecule has 2 amide bonds. The Morgan fingerprint density at radius 1 is 1.33 bits per heavy atom. The molecule has 1 aromatic heterocycles. The second-order valence-electron chi connectivity index (χ2n) is 7.49. The molecule has 0 unspecified atom stereocenters. The van der Waals surface area contributed by atoms with Crippen LogP contribution in [0.5, 0.6) is 0 Å². The molecule has 1 spiro atoms. The molecule has 3 fully saturated rings. The maximum Gasteiger partial charge on any atom is 0.315 e. The Balaban J connectivity index is 1.24. The molecular formula is C19H27N3O2. The van der Waals surface area contributed by atoms with E-state index in [0.717, 1.165) is 31.6 Å². The summed E-state index contributed by atoms with van der Waals surface area (Å²) in [5, 5.41) is 6.29. The van der Waals surface area contributed by atoms with Crippen molar-refractivity contribution in [1.82, 2.24) is 15.6 Å². The Morgan fingerprint density at radius 2 is 2.21 bits per heavy atom. The first-order valence-corrected chi connectivity index (χ1v) is 9.35. The lowest BCUT2D eigenvalue weighted by atomic mass is 9.54. The van der Waals surface area contributed by atoms with Crippen molar-refractivity contribution in [1.29, 1.82) is 0 Å². The fourth-order valence-electron chi connectivity index (χ4n) is 5.11. The molecule has 1 saturated heterocycles. The van der Waals surface area contributed by atoms with E-state index in [2.05, 4.69) is 15.6 Å². The van der Waals surface area contributed by atoms with Gasteiger partial charge in [-0.25, -0.2) is 4.79 Å². The number of fused-ring (bicyclic) bond motifs is 2. The number of hydrogen-bond acceptors (Lipinski definition) is 3. The van der Waals surface area contributed by atoms with Gasteiger partial charge in [0.05, 0.1) is 6.10 Å². The Hall–Kier alpha value is -1.62. The molecule has 5 nitrogen and oxygen atoms in total. The number of ether oxygens (including phenoxy) is 1. The van der Waals surface area contributed by atoms with Crippen LogP contribution in [0.25, 0.3) is 0 Å². The monoisotopic (exact) mass is 329 g/mol. The number of nitrogens with zero attached hydrogens (tertiary/aromatic N) is 1. The van der Waals surface area contributed by atoms with Gasteiger partial charge in [-0.15, -0.1) is 0 Å². The van der Waals surface area contributed by atoms with Crippen molar-refractivity contribution in [2.24, 2.45) is 11.3 Å². The second kappa shape index (κ2) is 6.71. The van der Waals surface area contributed by atoms with Gasteiger partial charge in [0.25, 0.3) is 0 Å². The molecule has 4 rings (SSSR count). The van der Waals surface area contributed by atoms with Crippen molar-refractivity contribution >= 4 is 6.03 Å². The SMILES string of the molecule is O=C(NCCCc1ccccn1)N[C@@H]1[C@H]2CCO[C@@H]2C12CCCC2. The van der Waals surface area contributed by atoms with E-state index in [9.17, 15) is 4.79 Å². The number of aryl methyl sites for hydroxylation is 1. The van der Waals surface area contributed by atoms with Crippen molar-refractivity contribution in [2.45, 2.75) is 57.1 Å². The molecule has 0 aromatic carbocycles. The Morgan fingerprint density at radius 3 is 3.00 bits per heavy atom. The van der Waals surface area contributed by atoms with E-state index in [1.807, 2.05) is 24.4 Å². The fourth-order valence-corrected chi connectivity index (χ4v) is 5.11. The quantitative estimate of drug-likeness (QED) is 0.816. The number of hydrogen-bond donors (Lipinski definition) is 2. The first-order chi connectivity index (χ1) is 11.8. The number of rotatable bonds is 5. The summed E-state index contributed by atoms with van der Waals surface area (Å²) < 4.78 is 5.97. The first kappa shape index (κ1) is 15.9. The molecular weight excluding hydrogens is 302 g/mol. The van der Waals surface area contributed by atoms with E-state index < -0.39 is 0 Å². The van der Waals surface area contributed by atoms with Crippen LogP contribution in [-0.2, 0) is 11.2 Å². The molecule has 3 aliphatic rings. The number of aromatic nitrogens is 1. The maximum atomic E-state index is 12.3. The normalized spacial score (nSPS) is 29.9. The summed E-state index contributed by atoms with van der Waals surface area (Å²) in [6.45, 7) is 1.55. The Bertz CT molecular complexity index is 571. The molecule has 24 heavy (non-hydrogen) atoms. The second-order valence-corrected chi connectivity index (χ2v) is 7.49. The third-order valence-corrected chi connectivity index (χ3v) is 6.19. The number of nitrogens with one attached hydrogen (secondary N) is 2. The van der Waals surface area contributed by atoms with E-state index in [-0.39, 0.29) is 11.4 Å². The van der Waals surface area contributed by atoms with E-state index >= 15 is 0 Å². The van der Waals surface area contributed by atoms with E-state index in [0.29, 0.717) is 24.6 Å². The lowest BCUT2D eigenvalue weighted by molar-refractivity contribution is -0.126. The minimum Gasteiger partial charge on any atom is -0.377 e. The average molecular weight is 329 g/mol. The van der Waals surface area contributed by atoms with Gasteiger partial charge in [0.1, 0.15) is 0 Å². The molecule has 0 radical (unpaired) electrons. The van der Waals surface area contributed by atoms with Crippen molar-refractivity contribution in [2.75, 3.05) is 13.2 Å². The molecule has 3 atom stereocenters. The van der Waals surface area contributed by atoms with Gasteiger partial charge in [-0.3, -0.25) is 4.98 Å².